The van der Waals surface area contributed by atoms with Gasteiger partial charge in [0.2, 0.25) is 5.91 Å². The smallest absolute Gasteiger partial charge is 0.217 e. The molecule has 0 fully saturated rings. The lowest BCUT2D eigenvalue weighted by Gasteiger charge is -2.08. The molecule has 0 saturated heterocycles. The summed E-state index contributed by atoms with van der Waals surface area (Å²) >= 11 is 0. The number of anilines is 2. The van der Waals surface area contributed by atoms with Crippen molar-refractivity contribution in [3.8, 4) is 0 Å². The zero-order valence-electron chi connectivity index (χ0n) is 8.59. The summed E-state index contributed by atoms with van der Waals surface area (Å²) in [6.45, 7) is 0.265. The molecule has 4 nitrogen and oxygen atoms in total. The van der Waals surface area contributed by atoms with Crippen molar-refractivity contribution in [2.45, 2.75) is 12.8 Å². The van der Waals surface area contributed by atoms with Crippen molar-refractivity contribution in [3.63, 3.8) is 0 Å². The molecule has 0 aromatic heterocycles. The first-order valence-corrected chi connectivity index (χ1v) is 4.77. The van der Waals surface area contributed by atoms with Gasteiger partial charge >= 0.3 is 0 Å². The summed E-state index contributed by atoms with van der Waals surface area (Å²) in [4.78, 5) is 10.4. The van der Waals surface area contributed by atoms with Crippen LogP contribution in [0.25, 0.3) is 0 Å². The molecule has 16 heavy (non-hydrogen) atoms. The first-order valence-electron chi connectivity index (χ1n) is 4.77. The van der Waals surface area contributed by atoms with E-state index in [9.17, 15) is 13.6 Å². The Hall–Kier alpha value is -1.85. The fourth-order valence-electron chi connectivity index (χ4n) is 1.24. The third-order valence-electron chi connectivity index (χ3n) is 1.97. The number of benzene rings is 1. The van der Waals surface area contributed by atoms with Crippen molar-refractivity contribution in [2.75, 3.05) is 17.6 Å². The van der Waals surface area contributed by atoms with E-state index < -0.39 is 17.5 Å². The molecule has 0 radical (unpaired) electrons. The largest absolute Gasteiger partial charge is 0.399 e. The molecular weight excluding hydrogens is 216 g/mol. The summed E-state index contributed by atoms with van der Waals surface area (Å²) in [5.41, 5.74) is 9.96. The van der Waals surface area contributed by atoms with Crippen LogP contribution in [0.4, 0.5) is 20.2 Å². The van der Waals surface area contributed by atoms with Crippen LogP contribution >= 0.6 is 0 Å². The van der Waals surface area contributed by atoms with E-state index in [0.29, 0.717) is 6.42 Å². The maximum Gasteiger partial charge on any atom is 0.217 e. The molecule has 1 aromatic carbocycles. The predicted molar refractivity (Wildman–Crippen MR) is 57.7 cm³/mol. The predicted octanol–water partition coefficient (Wildman–Crippen LogP) is 1.22. The molecule has 0 unspecified atom stereocenters. The van der Waals surface area contributed by atoms with Gasteiger partial charge in [0.05, 0.1) is 0 Å². The van der Waals surface area contributed by atoms with E-state index in [2.05, 4.69) is 5.32 Å². The Labute approximate surface area is 91.6 Å². The molecule has 6 heteroatoms. The number of nitrogens with one attached hydrogen (secondary N) is 1. The van der Waals surface area contributed by atoms with Crippen molar-refractivity contribution in [2.24, 2.45) is 5.73 Å². The highest BCUT2D eigenvalue weighted by Crippen LogP contribution is 2.21. The van der Waals surface area contributed by atoms with Gasteiger partial charge in [-0.05, 0) is 18.6 Å². The lowest BCUT2D eigenvalue weighted by Crippen LogP contribution is -2.13. The normalized spacial score (nSPS) is 10.1. The molecule has 1 aromatic rings. The van der Waals surface area contributed by atoms with Gasteiger partial charge in [-0.2, -0.15) is 0 Å². The van der Waals surface area contributed by atoms with Gasteiger partial charge in [0.1, 0.15) is 5.69 Å². The number of carbonyl (C=O) groups is 1. The van der Waals surface area contributed by atoms with E-state index in [-0.39, 0.29) is 24.3 Å². The quantitative estimate of drug-likeness (QED) is 0.524. The number of rotatable bonds is 5. The van der Waals surface area contributed by atoms with Crippen LogP contribution in [0, 0.1) is 11.6 Å². The fourth-order valence-corrected chi connectivity index (χ4v) is 1.24. The van der Waals surface area contributed by atoms with Crippen LogP contribution in [0.2, 0.25) is 0 Å². The van der Waals surface area contributed by atoms with Gasteiger partial charge in [0.15, 0.2) is 11.6 Å². The SMILES string of the molecule is NC(=O)CCCNc1c(F)cc(N)cc1F. The van der Waals surface area contributed by atoms with Gasteiger partial charge in [0.25, 0.3) is 0 Å². The highest BCUT2D eigenvalue weighted by Gasteiger charge is 2.09. The van der Waals surface area contributed by atoms with Crippen molar-refractivity contribution >= 4 is 17.3 Å². The molecule has 1 rings (SSSR count). The molecule has 0 atom stereocenters. The Morgan fingerprint density at radius 2 is 1.88 bits per heavy atom. The number of primary amides is 1. The number of carbonyl (C=O) groups excluding carboxylic acids is 1. The number of hydrogen-bond acceptors (Lipinski definition) is 3. The molecule has 0 aliphatic heterocycles. The van der Waals surface area contributed by atoms with E-state index >= 15 is 0 Å². The van der Waals surface area contributed by atoms with Gasteiger partial charge in [-0.3, -0.25) is 4.79 Å². The lowest BCUT2D eigenvalue weighted by molar-refractivity contribution is -0.118. The van der Waals surface area contributed by atoms with E-state index in [4.69, 9.17) is 11.5 Å². The topological polar surface area (TPSA) is 81.1 Å². The maximum absolute atomic E-state index is 13.2. The molecule has 0 spiro atoms. The maximum atomic E-state index is 13.2. The summed E-state index contributed by atoms with van der Waals surface area (Å²) in [7, 11) is 0. The standard InChI is InChI=1S/C10H13F2N3O/c11-7-4-6(13)5-8(12)10(7)15-3-1-2-9(14)16/h4-5,15H,1-3,13H2,(H2,14,16). The Kier molecular flexibility index (Phi) is 4.04. The van der Waals surface area contributed by atoms with Crippen molar-refractivity contribution in [1.82, 2.24) is 0 Å². The van der Waals surface area contributed by atoms with Crippen LogP contribution in [-0.4, -0.2) is 12.5 Å². The Morgan fingerprint density at radius 3 is 2.38 bits per heavy atom. The highest BCUT2D eigenvalue weighted by atomic mass is 19.1. The molecule has 0 heterocycles. The average molecular weight is 229 g/mol. The number of nitrogen functional groups attached to an aromatic ring is 1. The van der Waals surface area contributed by atoms with Gasteiger partial charge < -0.3 is 16.8 Å². The van der Waals surface area contributed by atoms with Crippen molar-refractivity contribution in [3.05, 3.63) is 23.8 Å². The minimum absolute atomic E-state index is 0.0256. The third kappa shape index (κ3) is 3.38. The van der Waals surface area contributed by atoms with Gasteiger partial charge in [-0.25, -0.2) is 8.78 Å². The van der Waals surface area contributed by atoms with Crippen LogP contribution in [0.5, 0.6) is 0 Å². The van der Waals surface area contributed by atoms with Crippen LogP contribution in [-0.2, 0) is 4.79 Å². The average Bonchev–Trinajstić information content (AvgIpc) is 2.14. The fraction of sp³-hybridized carbons (Fsp3) is 0.300. The third-order valence-corrected chi connectivity index (χ3v) is 1.97. The van der Waals surface area contributed by atoms with Crippen molar-refractivity contribution < 1.29 is 13.6 Å². The highest BCUT2D eigenvalue weighted by molar-refractivity contribution is 5.73. The van der Waals surface area contributed by atoms with E-state index in [1.165, 1.54) is 0 Å². The zero-order valence-corrected chi connectivity index (χ0v) is 8.59. The minimum Gasteiger partial charge on any atom is -0.399 e. The molecule has 1 amide bonds. The summed E-state index contributed by atoms with van der Waals surface area (Å²) in [6.07, 6.45) is 0.587. The van der Waals surface area contributed by atoms with Crippen LogP contribution in [0.3, 0.4) is 0 Å². The van der Waals surface area contributed by atoms with E-state index in [1.807, 2.05) is 0 Å². The number of nitrogens with two attached hydrogens (primary N) is 2. The van der Waals surface area contributed by atoms with E-state index in [1.54, 1.807) is 0 Å². The van der Waals surface area contributed by atoms with E-state index in [0.717, 1.165) is 12.1 Å². The summed E-state index contributed by atoms with van der Waals surface area (Å²) in [5, 5.41) is 2.55. The monoisotopic (exact) mass is 229 g/mol. The first-order chi connectivity index (χ1) is 7.50. The van der Waals surface area contributed by atoms with Crippen LogP contribution in [0.15, 0.2) is 12.1 Å². The number of amides is 1. The van der Waals surface area contributed by atoms with Gasteiger partial charge in [0, 0.05) is 18.7 Å². The second kappa shape index (κ2) is 5.29. The molecule has 0 aliphatic carbocycles. The summed E-state index contributed by atoms with van der Waals surface area (Å²) in [5.74, 6) is -1.95. The second-order valence-electron chi connectivity index (χ2n) is 3.36. The summed E-state index contributed by atoms with van der Waals surface area (Å²) in [6, 6.07) is 2.05. The Bertz CT molecular complexity index is 373. The van der Waals surface area contributed by atoms with Crippen LogP contribution < -0.4 is 16.8 Å². The Balaban J connectivity index is 2.57. The molecule has 0 aliphatic rings. The van der Waals surface area contributed by atoms with Crippen molar-refractivity contribution in [1.29, 1.82) is 0 Å². The molecule has 0 bridgehead atoms. The first kappa shape index (κ1) is 12.2. The second-order valence-corrected chi connectivity index (χ2v) is 3.36. The van der Waals surface area contributed by atoms with Crippen LogP contribution in [0.1, 0.15) is 12.8 Å². The lowest BCUT2D eigenvalue weighted by atomic mass is 10.2. The van der Waals surface area contributed by atoms with Gasteiger partial charge in [-0.1, -0.05) is 0 Å². The number of hydrogen-bond donors (Lipinski definition) is 3. The molecular formula is C10H13F2N3O. The zero-order chi connectivity index (χ0) is 12.1. The molecule has 88 valence electrons. The number of halogens is 2. The summed E-state index contributed by atoms with van der Waals surface area (Å²) < 4.78 is 26.4. The molecule has 5 N–H and O–H groups in total. The van der Waals surface area contributed by atoms with Gasteiger partial charge in [-0.15, -0.1) is 0 Å². The minimum atomic E-state index is -0.753. The Morgan fingerprint density at radius 1 is 1.31 bits per heavy atom. The molecule has 0 saturated carbocycles.